The number of halogens is 6. The molecule has 1 unspecified atom stereocenters. The fraction of sp³-hybridized carbons (Fsp3) is 0.867. The number of rotatable bonds is 3. The second kappa shape index (κ2) is 6.58. The van der Waals surface area contributed by atoms with Crippen molar-refractivity contribution in [2.45, 2.75) is 70.8 Å². The average Bonchev–Trinajstić information content (AvgIpc) is 2.66. The Kier molecular flexibility index (Phi) is 5.70. The van der Waals surface area contributed by atoms with Gasteiger partial charge in [0, 0.05) is 6.42 Å². The quantitative estimate of drug-likeness (QED) is 0.536. The molecule has 26 heavy (non-hydrogen) atoms. The normalized spacial score (nSPS) is 21.7. The van der Waals surface area contributed by atoms with Crippen molar-refractivity contribution in [1.82, 2.24) is 4.90 Å². The minimum atomic E-state index is -5.86. The van der Waals surface area contributed by atoms with Crippen molar-refractivity contribution < 1.29 is 45.4 Å². The zero-order chi connectivity index (χ0) is 20.8. The molecule has 1 heterocycles. The Hall–Kier alpha value is -1.52. The molecular formula is C15H21F6NO4. The topological polar surface area (TPSA) is 55.8 Å². The predicted molar refractivity (Wildman–Crippen MR) is 77.1 cm³/mol. The largest absolute Gasteiger partial charge is 0.444 e. The van der Waals surface area contributed by atoms with Gasteiger partial charge in [0.05, 0.1) is 12.6 Å². The maximum Gasteiger partial charge on any atom is 0.412 e. The van der Waals surface area contributed by atoms with Gasteiger partial charge in [-0.1, -0.05) is 0 Å². The monoisotopic (exact) mass is 393 g/mol. The molecule has 0 N–H and O–H groups in total. The molecule has 1 rings (SSSR count). The highest BCUT2D eigenvalue weighted by molar-refractivity contribution is 5.70. The summed E-state index contributed by atoms with van der Waals surface area (Å²) >= 11 is 0. The first-order valence-electron chi connectivity index (χ1n) is 7.64. The van der Waals surface area contributed by atoms with Crippen molar-refractivity contribution in [3.05, 3.63) is 0 Å². The zero-order valence-corrected chi connectivity index (χ0v) is 14.9. The summed E-state index contributed by atoms with van der Waals surface area (Å²) in [5, 5.41) is 0. The number of nitrogens with zero attached hydrogens (tertiary/aromatic N) is 1. The van der Waals surface area contributed by atoms with Gasteiger partial charge in [0.25, 0.3) is 0 Å². The summed E-state index contributed by atoms with van der Waals surface area (Å²) in [6, 6.07) is -2.52. The van der Waals surface area contributed by atoms with E-state index in [0.29, 0.717) is 0 Å². The zero-order valence-electron chi connectivity index (χ0n) is 14.9. The van der Waals surface area contributed by atoms with E-state index in [4.69, 9.17) is 9.47 Å². The van der Waals surface area contributed by atoms with Crippen LogP contribution < -0.4 is 0 Å². The Bertz CT molecular complexity index is 536. The van der Waals surface area contributed by atoms with Crippen LogP contribution in [0.15, 0.2) is 0 Å². The van der Waals surface area contributed by atoms with Crippen LogP contribution in [0.3, 0.4) is 0 Å². The molecule has 1 amide bonds. The van der Waals surface area contributed by atoms with Gasteiger partial charge in [0.15, 0.2) is 5.41 Å². The lowest BCUT2D eigenvalue weighted by Crippen LogP contribution is -2.65. The number of hydrogen-bond acceptors (Lipinski definition) is 4. The second-order valence-electron chi connectivity index (χ2n) is 7.46. The van der Waals surface area contributed by atoms with Crippen LogP contribution in [0.5, 0.6) is 0 Å². The van der Waals surface area contributed by atoms with Crippen molar-refractivity contribution in [1.29, 1.82) is 0 Å². The third kappa shape index (κ3) is 3.91. The van der Waals surface area contributed by atoms with Crippen molar-refractivity contribution >= 4 is 12.4 Å². The van der Waals surface area contributed by atoms with Crippen LogP contribution in [0, 0.1) is 5.41 Å². The van der Waals surface area contributed by atoms with Crippen LogP contribution >= 0.6 is 0 Å². The van der Waals surface area contributed by atoms with Gasteiger partial charge < -0.3 is 14.3 Å². The van der Waals surface area contributed by atoms with Crippen LogP contribution in [-0.2, 0) is 14.3 Å². The standard InChI is InChI=1S/C15H21F6NO4/c1-11(2,3)26-10(24)22-9(8-25-12(22,4)5)13(6-7-23,14(16,17)18)15(19,20)21/h7,9H,6,8H2,1-5H3. The molecule has 0 radical (unpaired) electrons. The number of amides is 1. The van der Waals surface area contributed by atoms with E-state index in [0.717, 1.165) is 13.8 Å². The lowest BCUT2D eigenvalue weighted by atomic mass is 9.75. The highest BCUT2D eigenvalue weighted by atomic mass is 19.4. The summed E-state index contributed by atoms with van der Waals surface area (Å²) in [6.45, 7) is 5.48. The van der Waals surface area contributed by atoms with Gasteiger partial charge >= 0.3 is 18.4 Å². The molecule has 0 spiro atoms. The molecular weight excluding hydrogens is 372 g/mol. The highest BCUT2D eigenvalue weighted by Gasteiger charge is 2.77. The van der Waals surface area contributed by atoms with Gasteiger partial charge in [0.1, 0.15) is 17.6 Å². The Labute approximate surface area is 146 Å². The first-order valence-corrected chi connectivity index (χ1v) is 7.64. The molecule has 0 saturated carbocycles. The summed E-state index contributed by atoms with van der Waals surface area (Å²) in [6.07, 6.45) is -15.5. The van der Waals surface area contributed by atoms with Crippen molar-refractivity contribution in [3.63, 3.8) is 0 Å². The van der Waals surface area contributed by atoms with E-state index < -0.39 is 60.5 Å². The molecule has 5 nitrogen and oxygen atoms in total. The number of carbonyl (C=O) groups excluding carboxylic acids is 2. The Morgan fingerprint density at radius 1 is 1.15 bits per heavy atom. The molecule has 1 aliphatic rings. The average molecular weight is 393 g/mol. The van der Waals surface area contributed by atoms with E-state index in [1.807, 2.05) is 0 Å². The number of alkyl halides is 6. The second-order valence-corrected chi connectivity index (χ2v) is 7.46. The van der Waals surface area contributed by atoms with Crippen molar-refractivity contribution in [3.8, 4) is 0 Å². The van der Waals surface area contributed by atoms with Gasteiger partial charge in [-0.3, -0.25) is 4.90 Å². The third-order valence-corrected chi connectivity index (χ3v) is 4.06. The molecule has 0 aromatic heterocycles. The van der Waals surface area contributed by atoms with Crippen LogP contribution in [-0.4, -0.2) is 53.6 Å². The molecule has 0 aromatic carbocycles. The van der Waals surface area contributed by atoms with E-state index >= 15 is 0 Å². The summed E-state index contributed by atoms with van der Waals surface area (Å²) in [5.41, 5.74) is -7.44. The minimum Gasteiger partial charge on any atom is -0.444 e. The molecule has 0 bridgehead atoms. The summed E-state index contributed by atoms with van der Waals surface area (Å²) in [5.74, 6) is 0. The smallest absolute Gasteiger partial charge is 0.412 e. The van der Waals surface area contributed by atoms with Crippen molar-refractivity contribution in [2.75, 3.05) is 6.61 Å². The lowest BCUT2D eigenvalue weighted by molar-refractivity contribution is -0.353. The van der Waals surface area contributed by atoms with Gasteiger partial charge in [-0.25, -0.2) is 4.79 Å². The van der Waals surface area contributed by atoms with Crippen LogP contribution in [0.25, 0.3) is 0 Å². The maximum absolute atomic E-state index is 13.6. The predicted octanol–water partition coefficient (Wildman–Crippen LogP) is 4.06. The van der Waals surface area contributed by atoms with Gasteiger partial charge in [-0.2, -0.15) is 26.3 Å². The van der Waals surface area contributed by atoms with Gasteiger partial charge in [0.2, 0.25) is 0 Å². The lowest BCUT2D eigenvalue weighted by Gasteiger charge is -2.45. The first kappa shape index (κ1) is 22.5. The minimum absolute atomic E-state index is 0.280. The fourth-order valence-electron chi connectivity index (χ4n) is 2.86. The molecule has 1 fully saturated rings. The third-order valence-electron chi connectivity index (χ3n) is 4.06. The summed E-state index contributed by atoms with van der Waals surface area (Å²) < 4.78 is 91.8. The SMILES string of the molecule is CC(C)(C)OC(=O)N1C(C(CC=O)(C(F)(F)F)C(F)(F)F)COC1(C)C. The molecule has 11 heteroatoms. The van der Waals surface area contributed by atoms with Gasteiger partial charge in [-0.15, -0.1) is 0 Å². The van der Waals surface area contributed by atoms with Crippen molar-refractivity contribution in [2.24, 2.45) is 5.41 Å². The first-order chi connectivity index (χ1) is 11.4. The Balaban J connectivity index is 3.58. The summed E-state index contributed by atoms with van der Waals surface area (Å²) in [4.78, 5) is 23.4. The molecule has 0 aliphatic carbocycles. The molecule has 1 saturated heterocycles. The van der Waals surface area contributed by atoms with E-state index in [-0.39, 0.29) is 4.90 Å². The number of ether oxygens (including phenoxy) is 2. The van der Waals surface area contributed by atoms with Crippen LogP contribution in [0.4, 0.5) is 31.1 Å². The van der Waals surface area contributed by atoms with E-state index in [2.05, 4.69) is 0 Å². The number of carbonyl (C=O) groups is 2. The Morgan fingerprint density at radius 2 is 1.62 bits per heavy atom. The molecule has 1 aliphatic heterocycles. The maximum atomic E-state index is 13.6. The van der Waals surface area contributed by atoms with Crippen LogP contribution in [0.1, 0.15) is 41.0 Å². The van der Waals surface area contributed by atoms with Gasteiger partial charge in [-0.05, 0) is 34.6 Å². The van der Waals surface area contributed by atoms with E-state index in [1.165, 1.54) is 20.8 Å². The number of aldehydes is 1. The summed E-state index contributed by atoms with van der Waals surface area (Å²) in [7, 11) is 0. The number of hydrogen-bond donors (Lipinski definition) is 0. The Morgan fingerprint density at radius 3 is 1.96 bits per heavy atom. The van der Waals surface area contributed by atoms with Crippen LogP contribution in [0.2, 0.25) is 0 Å². The van der Waals surface area contributed by atoms with E-state index in [1.54, 1.807) is 0 Å². The van der Waals surface area contributed by atoms with E-state index in [9.17, 15) is 35.9 Å². The molecule has 1 atom stereocenters. The molecule has 0 aromatic rings. The highest BCUT2D eigenvalue weighted by Crippen LogP contribution is 2.58. The molecule has 152 valence electrons. The fourth-order valence-corrected chi connectivity index (χ4v) is 2.86.